The predicted octanol–water partition coefficient (Wildman–Crippen LogP) is 1.75. The normalized spacial score (nSPS) is 11.9. The van der Waals surface area contributed by atoms with Gasteiger partial charge in [0.1, 0.15) is 11.9 Å². The van der Waals surface area contributed by atoms with E-state index in [0.29, 0.717) is 11.4 Å². The average molecular weight is 219 g/mol. The summed E-state index contributed by atoms with van der Waals surface area (Å²) in [4.78, 5) is 4.30. The van der Waals surface area contributed by atoms with Crippen molar-refractivity contribution in [2.45, 2.75) is 33.2 Å². The number of aliphatic hydroxyl groups excluding tert-OH is 1. The Labute approximate surface area is 95.9 Å². The van der Waals surface area contributed by atoms with E-state index in [2.05, 4.69) is 16.4 Å². The van der Waals surface area contributed by atoms with Crippen molar-refractivity contribution in [3.05, 3.63) is 22.9 Å². The average Bonchev–Trinajstić information content (AvgIpc) is 2.25. The third kappa shape index (κ3) is 2.71. The second-order valence-electron chi connectivity index (χ2n) is 3.85. The number of hydrogen-bond donors (Lipinski definition) is 2. The second-order valence-corrected chi connectivity index (χ2v) is 3.85. The molecule has 1 atom stereocenters. The Morgan fingerprint density at radius 1 is 1.56 bits per heavy atom. The highest BCUT2D eigenvalue weighted by molar-refractivity contribution is 5.56. The lowest BCUT2D eigenvalue weighted by atomic mass is 10.1. The minimum atomic E-state index is -0.0548. The van der Waals surface area contributed by atoms with Gasteiger partial charge in [-0.25, -0.2) is 4.98 Å². The van der Waals surface area contributed by atoms with Crippen molar-refractivity contribution in [3.63, 3.8) is 0 Å². The van der Waals surface area contributed by atoms with E-state index in [1.165, 1.54) is 0 Å². The van der Waals surface area contributed by atoms with Crippen LogP contribution in [0.3, 0.4) is 0 Å². The minimum Gasteiger partial charge on any atom is -0.394 e. The van der Waals surface area contributed by atoms with Crippen LogP contribution >= 0.6 is 0 Å². The van der Waals surface area contributed by atoms with Crippen LogP contribution in [0.15, 0.2) is 6.07 Å². The molecule has 1 aromatic rings. The third-order valence-electron chi connectivity index (χ3n) is 2.51. The summed E-state index contributed by atoms with van der Waals surface area (Å²) < 4.78 is 0. The number of rotatable bonds is 4. The first kappa shape index (κ1) is 12.5. The topological polar surface area (TPSA) is 68.9 Å². The van der Waals surface area contributed by atoms with E-state index in [1.54, 1.807) is 0 Å². The number of hydrogen-bond acceptors (Lipinski definition) is 4. The summed E-state index contributed by atoms with van der Waals surface area (Å²) in [6.07, 6.45) is 0.788. The molecular formula is C12H17N3O. The highest BCUT2D eigenvalue weighted by atomic mass is 16.3. The van der Waals surface area contributed by atoms with Crippen molar-refractivity contribution in [3.8, 4) is 6.07 Å². The third-order valence-corrected chi connectivity index (χ3v) is 2.51. The van der Waals surface area contributed by atoms with Gasteiger partial charge in [0.15, 0.2) is 0 Å². The number of pyridine rings is 1. The van der Waals surface area contributed by atoms with Crippen LogP contribution < -0.4 is 5.32 Å². The van der Waals surface area contributed by atoms with Crippen molar-refractivity contribution in [1.82, 2.24) is 4.98 Å². The van der Waals surface area contributed by atoms with E-state index >= 15 is 0 Å². The van der Waals surface area contributed by atoms with Crippen molar-refractivity contribution >= 4 is 5.82 Å². The van der Waals surface area contributed by atoms with Gasteiger partial charge in [-0.15, -0.1) is 0 Å². The van der Waals surface area contributed by atoms with E-state index in [4.69, 9.17) is 10.4 Å². The first-order valence-corrected chi connectivity index (χ1v) is 5.38. The lowest BCUT2D eigenvalue weighted by Gasteiger charge is -2.16. The van der Waals surface area contributed by atoms with Crippen molar-refractivity contribution in [2.75, 3.05) is 11.9 Å². The molecule has 0 amide bonds. The molecule has 0 aliphatic carbocycles. The summed E-state index contributed by atoms with van der Waals surface area (Å²) in [5, 5.41) is 21.3. The molecule has 0 radical (unpaired) electrons. The molecule has 0 aliphatic heterocycles. The Morgan fingerprint density at radius 3 is 2.75 bits per heavy atom. The zero-order chi connectivity index (χ0) is 12.1. The SMILES string of the molecule is CCC(CO)Nc1nc(C)cc(C)c1C#N. The van der Waals surface area contributed by atoms with E-state index < -0.39 is 0 Å². The van der Waals surface area contributed by atoms with Gasteiger partial charge in [0.05, 0.1) is 18.2 Å². The first-order valence-electron chi connectivity index (χ1n) is 5.38. The van der Waals surface area contributed by atoms with Crippen molar-refractivity contribution < 1.29 is 5.11 Å². The van der Waals surface area contributed by atoms with Crippen LogP contribution in [-0.2, 0) is 0 Å². The Morgan fingerprint density at radius 2 is 2.25 bits per heavy atom. The Kier molecular flexibility index (Phi) is 4.27. The molecule has 0 saturated heterocycles. The van der Waals surface area contributed by atoms with Gasteiger partial charge in [0.2, 0.25) is 0 Å². The maximum atomic E-state index is 9.12. The standard InChI is InChI=1S/C12H17N3O/c1-4-10(7-16)15-12-11(6-13)8(2)5-9(3)14-12/h5,10,16H,4,7H2,1-3H3,(H,14,15). The number of nitrogens with zero attached hydrogens (tertiary/aromatic N) is 2. The van der Waals surface area contributed by atoms with Gasteiger partial charge in [0, 0.05) is 5.69 Å². The molecule has 0 saturated carbocycles. The fourth-order valence-corrected chi connectivity index (χ4v) is 1.55. The van der Waals surface area contributed by atoms with Crippen molar-refractivity contribution in [1.29, 1.82) is 5.26 Å². The summed E-state index contributed by atoms with van der Waals surface area (Å²) in [5.41, 5.74) is 2.33. The minimum absolute atomic E-state index is 0.0377. The fraction of sp³-hybridized carbons (Fsp3) is 0.500. The van der Waals surface area contributed by atoms with Crippen LogP contribution in [0.4, 0.5) is 5.82 Å². The largest absolute Gasteiger partial charge is 0.394 e. The summed E-state index contributed by atoms with van der Waals surface area (Å²) in [7, 11) is 0. The maximum absolute atomic E-state index is 9.12. The van der Waals surface area contributed by atoms with Crippen LogP contribution in [0.2, 0.25) is 0 Å². The molecule has 16 heavy (non-hydrogen) atoms. The van der Waals surface area contributed by atoms with Gasteiger partial charge < -0.3 is 10.4 Å². The maximum Gasteiger partial charge on any atom is 0.144 e. The molecule has 1 rings (SSSR count). The fourth-order valence-electron chi connectivity index (χ4n) is 1.55. The Bertz CT molecular complexity index is 405. The van der Waals surface area contributed by atoms with E-state index in [9.17, 15) is 0 Å². The summed E-state index contributed by atoms with van der Waals surface area (Å²) in [6.45, 7) is 5.79. The summed E-state index contributed by atoms with van der Waals surface area (Å²) >= 11 is 0. The van der Waals surface area contributed by atoms with Crippen LogP contribution in [0, 0.1) is 25.2 Å². The summed E-state index contributed by atoms with van der Waals surface area (Å²) in [6, 6.07) is 3.96. The molecule has 1 aromatic heterocycles. The Hall–Kier alpha value is -1.60. The van der Waals surface area contributed by atoms with Crippen LogP contribution in [0.1, 0.15) is 30.2 Å². The molecule has 0 bridgehead atoms. The first-order chi connectivity index (χ1) is 7.62. The molecule has 4 heteroatoms. The van der Waals surface area contributed by atoms with Gasteiger partial charge in [-0.2, -0.15) is 5.26 Å². The number of aryl methyl sites for hydroxylation is 2. The molecule has 0 aromatic carbocycles. The van der Waals surface area contributed by atoms with Crippen LogP contribution in [0.25, 0.3) is 0 Å². The van der Waals surface area contributed by atoms with E-state index in [1.807, 2.05) is 26.8 Å². The van der Waals surface area contributed by atoms with Crippen LogP contribution in [0.5, 0.6) is 0 Å². The highest BCUT2D eigenvalue weighted by Gasteiger charge is 2.11. The number of aliphatic hydroxyl groups is 1. The quantitative estimate of drug-likeness (QED) is 0.809. The molecule has 2 N–H and O–H groups in total. The second kappa shape index (κ2) is 5.47. The number of anilines is 1. The molecule has 0 spiro atoms. The monoisotopic (exact) mass is 219 g/mol. The van der Waals surface area contributed by atoms with Gasteiger partial charge in [-0.3, -0.25) is 0 Å². The molecule has 1 unspecified atom stereocenters. The lowest BCUT2D eigenvalue weighted by Crippen LogP contribution is -2.24. The zero-order valence-electron chi connectivity index (χ0n) is 9.91. The van der Waals surface area contributed by atoms with E-state index in [-0.39, 0.29) is 12.6 Å². The zero-order valence-corrected chi connectivity index (χ0v) is 9.91. The van der Waals surface area contributed by atoms with Crippen molar-refractivity contribution in [2.24, 2.45) is 0 Å². The highest BCUT2D eigenvalue weighted by Crippen LogP contribution is 2.18. The molecule has 0 fully saturated rings. The van der Waals surface area contributed by atoms with Gasteiger partial charge in [-0.1, -0.05) is 6.92 Å². The van der Waals surface area contributed by atoms with Gasteiger partial charge >= 0.3 is 0 Å². The smallest absolute Gasteiger partial charge is 0.144 e. The van der Waals surface area contributed by atoms with Crippen LogP contribution in [-0.4, -0.2) is 22.7 Å². The Balaban J connectivity index is 3.07. The molecule has 0 aliphatic rings. The number of aromatic nitrogens is 1. The van der Waals surface area contributed by atoms with E-state index in [0.717, 1.165) is 17.7 Å². The lowest BCUT2D eigenvalue weighted by molar-refractivity contribution is 0.271. The molecule has 1 heterocycles. The summed E-state index contributed by atoms with van der Waals surface area (Å²) in [5.74, 6) is 0.570. The van der Waals surface area contributed by atoms with Gasteiger partial charge in [-0.05, 0) is 31.9 Å². The molecular weight excluding hydrogens is 202 g/mol. The molecule has 4 nitrogen and oxygen atoms in total. The number of nitriles is 1. The number of nitrogens with one attached hydrogen (secondary N) is 1. The predicted molar refractivity (Wildman–Crippen MR) is 63.2 cm³/mol. The van der Waals surface area contributed by atoms with Gasteiger partial charge in [0.25, 0.3) is 0 Å². The molecule has 86 valence electrons.